The summed E-state index contributed by atoms with van der Waals surface area (Å²) in [5.74, 6) is 5.77. The monoisotopic (exact) mass is 822 g/mol. The summed E-state index contributed by atoms with van der Waals surface area (Å²) < 4.78 is 55.3. The highest BCUT2D eigenvalue weighted by molar-refractivity contribution is 7.27. The minimum Gasteiger partial charge on any atom is -0.496 e. The Morgan fingerprint density at radius 3 is 1.05 bits per heavy atom. The molecule has 0 bridgehead atoms. The fourth-order valence-corrected chi connectivity index (χ4v) is 7.64. The molecule has 57 heavy (non-hydrogen) atoms. The normalized spacial score (nSPS) is 12.6. The molecule has 0 spiro atoms. The first-order valence-electron chi connectivity index (χ1n) is 19.1. The van der Waals surface area contributed by atoms with Gasteiger partial charge in [0.15, 0.2) is 0 Å². The fraction of sp³-hybridized carbons (Fsp3) is 0.478. The molecule has 0 saturated heterocycles. The van der Waals surface area contributed by atoms with Gasteiger partial charge >= 0.3 is 0 Å². The van der Waals surface area contributed by atoms with Gasteiger partial charge in [0.05, 0.1) is 28.4 Å². The predicted molar refractivity (Wildman–Crippen MR) is 236 cm³/mol. The summed E-state index contributed by atoms with van der Waals surface area (Å²) in [7, 11) is 5.64. The van der Waals surface area contributed by atoms with Crippen molar-refractivity contribution in [3.8, 4) is 62.9 Å². The van der Waals surface area contributed by atoms with Crippen molar-refractivity contribution < 1.29 is 41.8 Å². The van der Waals surface area contributed by atoms with Crippen molar-refractivity contribution in [2.24, 2.45) is 0 Å². The van der Waals surface area contributed by atoms with E-state index in [1.807, 2.05) is 24.3 Å². The van der Waals surface area contributed by atoms with E-state index >= 15 is 0 Å². The van der Waals surface area contributed by atoms with Crippen molar-refractivity contribution in [3.05, 3.63) is 76.3 Å². The van der Waals surface area contributed by atoms with Gasteiger partial charge in [-0.15, -0.1) is 0 Å². The average molecular weight is 823 g/mol. The minimum atomic E-state index is -0.471. The zero-order valence-corrected chi connectivity index (χ0v) is 39.3. The lowest BCUT2D eigenvalue weighted by atomic mass is 9.74. The van der Waals surface area contributed by atoms with Crippen LogP contribution in [0.4, 0.5) is 0 Å². The summed E-state index contributed by atoms with van der Waals surface area (Å²) in [6, 6.07) is 15.3. The predicted octanol–water partition coefficient (Wildman–Crippen LogP) is 13.0. The van der Waals surface area contributed by atoms with Gasteiger partial charge in [0.25, 0.3) is 18.1 Å². The lowest BCUT2D eigenvalue weighted by Crippen LogP contribution is -2.24. The van der Waals surface area contributed by atoms with E-state index in [1.165, 1.54) is 5.56 Å². The molecule has 11 heteroatoms. The van der Waals surface area contributed by atoms with E-state index in [9.17, 15) is 0 Å². The van der Waals surface area contributed by atoms with Crippen molar-refractivity contribution in [1.82, 2.24) is 0 Å². The van der Waals surface area contributed by atoms with Gasteiger partial charge in [-0.25, -0.2) is 0 Å². The number of hydrogen-bond acceptors (Lipinski definition) is 9. The summed E-state index contributed by atoms with van der Waals surface area (Å²) in [6.07, 6.45) is 0. The lowest BCUT2D eigenvalue weighted by molar-refractivity contribution is 0.129. The lowest BCUT2D eigenvalue weighted by Gasteiger charge is -2.34. The molecule has 312 valence electrons. The van der Waals surface area contributed by atoms with Crippen LogP contribution in [0.3, 0.4) is 0 Å². The molecule has 0 amide bonds. The van der Waals surface area contributed by atoms with Crippen LogP contribution in [0.15, 0.2) is 48.5 Å². The van der Waals surface area contributed by atoms with Gasteiger partial charge in [-0.2, -0.15) is 0 Å². The van der Waals surface area contributed by atoms with Gasteiger partial charge in [0.2, 0.25) is 0 Å². The third-order valence-corrected chi connectivity index (χ3v) is 10.6. The van der Waals surface area contributed by atoms with Crippen molar-refractivity contribution in [2.45, 2.75) is 119 Å². The third-order valence-electron chi connectivity index (χ3n) is 9.38. The second-order valence-corrected chi connectivity index (χ2v) is 19.3. The Bertz CT molecular complexity index is 1990. The van der Waals surface area contributed by atoms with Gasteiger partial charge in [0, 0.05) is 64.2 Å². The number of hydrogen-bond donors (Lipinski definition) is 0. The Morgan fingerprint density at radius 2 is 0.719 bits per heavy atom. The highest BCUT2D eigenvalue weighted by Crippen LogP contribution is 2.55. The van der Waals surface area contributed by atoms with Crippen LogP contribution >= 0.6 is 18.1 Å². The fourth-order valence-electron chi connectivity index (χ4n) is 6.54. The van der Waals surface area contributed by atoms with E-state index in [-0.39, 0.29) is 16.2 Å². The number of rotatable bonds is 14. The molecule has 0 aromatic heterocycles. The molecule has 4 rings (SSSR count). The molecule has 0 fully saturated rings. The first-order chi connectivity index (χ1) is 26.4. The third kappa shape index (κ3) is 11.3. The van der Waals surface area contributed by atoms with Gasteiger partial charge < -0.3 is 41.8 Å². The van der Waals surface area contributed by atoms with Crippen LogP contribution < -0.4 is 41.8 Å². The van der Waals surface area contributed by atoms with Crippen LogP contribution in [0, 0.1) is 13.8 Å². The maximum atomic E-state index is 6.92. The molecule has 0 saturated carbocycles. The Balaban J connectivity index is 2.06. The van der Waals surface area contributed by atoms with Crippen LogP contribution in [-0.2, 0) is 16.2 Å². The molecule has 9 nitrogen and oxygen atoms in total. The van der Waals surface area contributed by atoms with E-state index in [1.54, 1.807) is 40.6 Å². The molecular weight excluding hydrogens is 758 g/mol. The molecule has 4 aromatic rings. The molecule has 2 atom stereocenters. The van der Waals surface area contributed by atoms with Gasteiger partial charge in [-0.1, -0.05) is 68.4 Å². The zero-order chi connectivity index (χ0) is 42.7. The number of ether oxygens (including phenoxy) is 5. The Labute approximate surface area is 345 Å². The largest absolute Gasteiger partial charge is 0.496 e. The number of methoxy groups -OCH3 is 4. The topological polar surface area (TPSA) is 83.1 Å². The molecule has 0 aliphatic heterocycles. The first kappa shape index (κ1) is 45.6. The molecule has 0 heterocycles. The van der Waals surface area contributed by atoms with E-state index in [0.717, 1.165) is 39.1 Å². The summed E-state index contributed by atoms with van der Waals surface area (Å²) in [5, 5.41) is 0. The van der Waals surface area contributed by atoms with Crippen molar-refractivity contribution in [3.63, 3.8) is 0 Å². The van der Waals surface area contributed by atoms with E-state index < -0.39 is 23.7 Å². The summed E-state index contributed by atoms with van der Waals surface area (Å²) >= 11 is 0. The van der Waals surface area contributed by atoms with Gasteiger partial charge in [0.1, 0.15) is 57.3 Å². The molecule has 0 radical (unpaired) electrons. The smallest absolute Gasteiger partial charge is 0.275 e. The van der Waals surface area contributed by atoms with E-state index in [2.05, 4.69) is 109 Å². The zero-order valence-electron chi connectivity index (χ0n) is 37.3. The Hall–Kier alpha value is -4.06. The van der Waals surface area contributed by atoms with Crippen molar-refractivity contribution in [2.75, 3.05) is 28.4 Å². The van der Waals surface area contributed by atoms with Crippen molar-refractivity contribution >= 4 is 18.1 Å². The standard InChI is InChI=1S/C46H64O9P2/c1-27-35(43(3,4)5)25-36(44(6,7)8)41(54-56-52-33-21-29(47-15)19-30(22-33)48-16)39(27)40-28(2)38(51-46(12,13)14)26-37(45(9,10)11)42(40)55-57-53-34-23-31(49-17)20-32(24-34)50-18/h19-26,56-57H,1-18H3. The van der Waals surface area contributed by atoms with Crippen molar-refractivity contribution in [1.29, 1.82) is 0 Å². The molecule has 0 N–H and O–H groups in total. The maximum absolute atomic E-state index is 6.92. The second-order valence-electron chi connectivity index (χ2n) is 18.2. The summed E-state index contributed by atoms with van der Waals surface area (Å²) in [4.78, 5) is 0. The molecule has 2 unspecified atom stereocenters. The van der Waals surface area contributed by atoms with Crippen LogP contribution in [0.5, 0.6) is 51.7 Å². The average Bonchev–Trinajstić information content (AvgIpc) is 3.10. The summed E-state index contributed by atoms with van der Waals surface area (Å²) in [5.41, 5.74) is 5.62. The van der Waals surface area contributed by atoms with Crippen LogP contribution in [0.1, 0.15) is 111 Å². The SMILES string of the molecule is COc1cc(OC)cc(OPOc2c(C(C)(C)C)cc(OC(C)(C)C)c(C)c2-c2c(C)c(C(C)(C)C)cc(C(C)(C)C)c2OPOc2cc(OC)cc(OC)c2)c1. The highest BCUT2D eigenvalue weighted by atomic mass is 31.1. The molecule has 4 aromatic carbocycles. The van der Waals surface area contributed by atoms with E-state index in [4.69, 9.17) is 41.8 Å². The number of benzene rings is 4. The Kier molecular flexibility index (Phi) is 14.3. The van der Waals surface area contributed by atoms with Crippen LogP contribution in [0.2, 0.25) is 0 Å². The quantitative estimate of drug-likeness (QED) is 0.115. The van der Waals surface area contributed by atoms with Gasteiger partial charge in [-0.05, 0) is 68.1 Å². The van der Waals surface area contributed by atoms with Gasteiger partial charge in [-0.3, -0.25) is 0 Å². The van der Waals surface area contributed by atoms with Crippen LogP contribution in [0.25, 0.3) is 11.1 Å². The molecule has 0 aliphatic rings. The maximum Gasteiger partial charge on any atom is 0.275 e. The first-order valence-corrected chi connectivity index (χ1v) is 20.7. The molecule has 0 aliphatic carbocycles. The van der Waals surface area contributed by atoms with Crippen LogP contribution in [-0.4, -0.2) is 34.0 Å². The minimum absolute atomic E-state index is 0.203. The second kappa shape index (κ2) is 17.8. The summed E-state index contributed by atoms with van der Waals surface area (Å²) in [6.45, 7) is 30.4. The Morgan fingerprint density at radius 1 is 0.386 bits per heavy atom. The molecular formula is C46H64O9P2. The highest BCUT2D eigenvalue weighted by Gasteiger charge is 2.35. The van der Waals surface area contributed by atoms with E-state index in [0.29, 0.717) is 46.0 Å².